The third-order valence-corrected chi connectivity index (χ3v) is 6.22. The molecule has 0 aliphatic heterocycles. The van der Waals surface area contributed by atoms with E-state index >= 15 is 0 Å². The van der Waals surface area contributed by atoms with Crippen molar-refractivity contribution in [1.29, 1.82) is 0 Å². The first-order chi connectivity index (χ1) is 11.5. The average Bonchev–Trinajstić information content (AvgIpc) is 3.21. The quantitative estimate of drug-likeness (QED) is 0.442. The maximum atomic E-state index is 5.74. The molecule has 3 aromatic rings. The van der Waals surface area contributed by atoms with Gasteiger partial charge >= 0.3 is 0 Å². The highest BCUT2D eigenvalue weighted by Crippen LogP contribution is 2.27. The van der Waals surface area contributed by atoms with Crippen LogP contribution in [0.2, 0.25) is 25.7 Å². The van der Waals surface area contributed by atoms with Crippen LogP contribution in [-0.4, -0.2) is 29.4 Å². The lowest BCUT2D eigenvalue weighted by Crippen LogP contribution is -2.22. The third-order valence-electron chi connectivity index (χ3n) is 3.65. The van der Waals surface area contributed by atoms with Gasteiger partial charge in [0, 0.05) is 31.8 Å². The zero-order valence-electron chi connectivity index (χ0n) is 14.4. The molecule has 126 valence electrons. The van der Waals surface area contributed by atoms with Gasteiger partial charge in [0.2, 0.25) is 0 Å². The van der Waals surface area contributed by atoms with Crippen LogP contribution in [0.1, 0.15) is 0 Å². The molecule has 0 aliphatic carbocycles. The van der Waals surface area contributed by atoms with Crippen LogP contribution >= 0.6 is 11.3 Å². The molecule has 2 heterocycles. The van der Waals surface area contributed by atoms with E-state index < -0.39 is 8.07 Å². The van der Waals surface area contributed by atoms with E-state index in [-0.39, 0.29) is 0 Å². The fraction of sp³-hybridized carbons (Fsp3) is 0.333. The van der Waals surface area contributed by atoms with Gasteiger partial charge in [-0.15, -0.1) is 11.3 Å². The number of benzene rings is 1. The summed E-state index contributed by atoms with van der Waals surface area (Å²) in [6, 6.07) is 13.4. The molecule has 3 rings (SSSR count). The fourth-order valence-corrected chi connectivity index (χ4v) is 3.77. The second-order valence-electron chi connectivity index (χ2n) is 6.99. The Morgan fingerprint density at radius 1 is 1.08 bits per heavy atom. The predicted molar refractivity (Wildman–Crippen MR) is 103 cm³/mol. The standard InChI is InChI=1S/C18H23N3OSSi/c1-24(2,3)12-11-22-14-21-10-9-16(20-21)18-19-17(13-23-18)15-7-5-4-6-8-15/h4-10,13H,11-12,14H2,1-3H3. The van der Waals surface area contributed by atoms with Gasteiger partial charge in [-0.2, -0.15) is 5.10 Å². The number of ether oxygens (including phenoxy) is 1. The monoisotopic (exact) mass is 357 g/mol. The minimum atomic E-state index is -1.04. The number of hydrogen-bond acceptors (Lipinski definition) is 4. The molecular weight excluding hydrogens is 334 g/mol. The van der Waals surface area contributed by atoms with Gasteiger partial charge in [0.1, 0.15) is 17.4 Å². The van der Waals surface area contributed by atoms with E-state index in [1.54, 1.807) is 11.3 Å². The van der Waals surface area contributed by atoms with Crippen LogP contribution in [-0.2, 0) is 11.5 Å². The van der Waals surface area contributed by atoms with Gasteiger partial charge in [0.05, 0.1) is 5.69 Å². The molecule has 0 radical (unpaired) electrons. The highest BCUT2D eigenvalue weighted by Gasteiger charge is 2.12. The van der Waals surface area contributed by atoms with Gasteiger partial charge in [-0.25, -0.2) is 9.67 Å². The molecule has 0 fully saturated rings. The molecule has 0 atom stereocenters. The van der Waals surface area contributed by atoms with E-state index in [9.17, 15) is 0 Å². The van der Waals surface area contributed by atoms with Crippen LogP contribution in [0, 0.1) is 0 Å². The van der Waals surface area contributed by atoms with E-state index in [1.807, 2.05) is 35.1 Å². The average molecular weight is 358 g/mol. The van der Waals surface area contributed by atoms with Gasteiger partial charge in [0.25, 0.3) is 0 Å². The highest BCUT2D eigenvalue weighted by molar-refractivity contribution is 7.13. The third kappa shape index (κ3) is 4.63. The number of rotatable bonds is 7. The summed E-state index contributed by atoms with van der Waals surface area (Å²) < 4.78 is 7.57. The largest absolute Gasteiger partial charge is 0.360 e. The van der Waals surface area contributed by atoms with Gasteiger partial charge in [-0.3, -0.25) is 0 Å². The Hall–Kier alpha value is -1.76. The van der Waals surface area contributed by atoms with Gasteiger partial charge in [0.15, 0.2) is 0 Å². The number of thiazole rings is 1. The minimum absolute atomic E-state index is 0.501. The lowest BCUT2D eigenvalue weighted by atomic mass is 10.2. The number of nitrogens with zero attached hydrogens (tertiary/aromatic N) is 3. The second-order valence-corrected chi connectivity index (χ2v) is 13.5. The molecule has 0 amide bonds. The molecule has 0 bridgehead atoms. The number of aromatic nitrogens is 3. The van der Waals surface area contributed by atoms with Crippen LogP contribution in [0.15, 0.2) is 48.0 Å². The summed E-state index contributed by atoms with van der Waals surface area (Å²) in [5, 5.41) is 7.59. The Kier molecular flexibility index (Phi) is 5.28. The first kappa shape index (κ1) is 17.1. The zero-order valence-corrected chi connectivity index (χ0v) is 16.2. The minimum Gasteiger partial charge on any atom is -0.360 e. The van der Waals surface area contributed by atoms with Crippen molar-refractivity contribution in [2.45, 2.75) is 32.4 Å². The summed E-state index contributed by atoms with van der Waals surface area (Å²) in [6.45, 7) is 8.38. The smallest absolute Gasteiger partial charge is 0.144 e. The van der Waals surface area contributed by atoms with Crippen molar-refractivity contribution in [2.24, 2.45) is 0 Å². The van der Waals surface area contributed by atoms with Crippen LogP contribution in [0.5, 0.6) is 0 Å². The van der Waals surface area contributed by atoms with E-state index in [4.69, 9.17) is 9.72 Å². The molecule has 24 heavy (non-hydrogen) atoms. The molecule has 0 N–H and O–H groups in total. The van der Waals surface area contributed by atoms with E-state index in [0.717, 1.165) is 28.6 Å². The van der Waals surface area contributed by atoms with Crippen molar-refractivity contribution < 1.29 is 4.74 Å². The van der Waals surface area contributed by atoms with E-state index in [2.05, 4.69) is 42.3 Å². The Morgan fingerprint density at radius 3 is 2.62 bits per heavy atom. The van der Waals surface area contributed by atoms with Crippen molar-refractivity contribution in [3.63, 3.8) is 0 Å². The zero-order chi connectivity index (χ0) is 17.0. The molecule has 0 aliphatic rings. The maximum absolute atomic E-state index is 5.74. The van der Waals surface area contributed by atoms with E-state index in [1.165, 1.54) is 6.04 Å². The highest BCUT2D eigenvalue weighted by atomic mass is 32.1. The second kappa shape index (κ2) is 7.42. The van der Waals surface area contributed by atoms with Gasteiger partial charge in [-0.05, 0) is 12.1 Å². The van der Waals surface area contributed by atoms with Crippen LogP contribution in [0.4, 0.5) is 0 Å². The fourth-order valence-electron chi connectivity index (χ4n) is 2.22. The molecule has 0 unspecified atom stereocenters. The summed E-state index contributed by atoms with van der Waals surface area (Å²) in [4.78, 5) is 4.70. The molecule has 2 aromatic heterocycles. The normalized spacial score (nSPS) is 11.8. The molecule has 4 nitrogen and oxygen atoms in total. The molecule has 0 saturated carbocycles. The van der Waals surface area contributed by atoms with Crippen molar-refractivity contribution in [3.05, 3.63) is 48.0 Å². The number of hydrogen-bond donors (Lipinski definition) is 0. The molecule has 0 saturated heterocycles. The molecule has 0 spiro atoms. The summed E-state index contributed by atoms with van der Waals surface area (Å²) >= 11 is 1.62. The Balaban J connectivity index is 1.61. The summed E-state index contributed by atoms with van der Waals surface area (Å²) in [5.41, 5.74) is 3.03. The molecular formula is C18H23N3OSSi. The summed E-state index contributed by atoms with van der Waals surface area (Å²) in [6.07, 6.45) is 1.95. The Labute approximate surface area is 148 Å². The summed E-state index contributed by atoms with van der Waals surface area (Å²) in [7, 11) is -1.04. The van der Waals surface area contributed by atoms with Gasteiger partial charge in [-0.1, -0.05) is 50.0 Å². The van der Waals surface area contributed by atoms with Crippen molar-refractivity contribution in [2.75, 3.05) is 6.61 Å². The van der Waals surface area contributed by atoms with Crippen molar-refractivity contribution >= 4 is 19.4 Å². The van der Waals surface area contributed by atoms with Crippen LogP contribution < -0.4 is 0 Å². The Bertz CT molecular complexity index is 777. The van der Waals surface area contributed by atoms with Gasteiger partial charge < -0.3 is 4.74 Å². The SMILES string of the molecule is C[Si](C)(C)CCOCn1ccc(-c2nc(-c3ccccc3)cs2)n1. The topological polar surface area (TPSA) is 39.9 Å². The van der Waals surface area contributed by atoms with Crippen molar-refractivity contribution in [3.8, 4) is 22.0 Å². The molecule has 1 aromatic carbocycles. The van der Waals surface area contributed by atoms with Crippen molar-refractivity contribution in [1.82, 2.24) is 14.8 Å². The van der Waals surface area contributed by atoms with Crippen LogP contribution in [0.3, 0.4) is 0 Å². The van der Waals surface area contributed by atoms with E-state index in [0.29, 0.717) is 6.73 Å². The Morgan fingerprint density at radius 2 is 1.88 bits per heavy atom. The maximum Gasteiger partial charge on any atom is 0.144 e. The lowest BCUT2D eigenvalue weighted by Gasteiger charge is -2.15. The molecule has 6 heteroatoms. The predicted octanol–water partition coefficient (Wildman–Crippen LogP) is 4.99. The van der Waals surface area contributed by atoms with Crippen LogP contribution in [0.25, 0.3) is 22.0 Å². The summed E-state index contributed by atoms with van der Waals surface area (Å²) in [5.74, 6) is 0. The lowest BCUT2D eigenvalue weighted by molar-refractivity contribution is 0.0787. The first-order valence-corrected chi connectivity index (χ1v) is 12.7. The first-order valence-electron chi connectivity index (χ1n) is 8.14.